The predicted molar refractivity (Wildman–Crippen MR) is 72.1 cm³/mol. The molecule has 0 aliphatic carbocycles. The van der Waals surface area contributed by atoms with Gasteiger partial charge in [-0.25, -0.2) is 4.39 Å². The molecule has 3 aromatic rings. The molecule has 0 spiro atoms. The molecule has 102 valence electrons. The van der Waals surface area contributed by atoms with Crippen LogP contribution in [0.2, 0.25) is 5.02 Å². The molecule has 1 aromatic carbocycles. The molecule has 0 saturated heterocycles. The molecular weight excluding hydrogens is 283 g/mol. The zero-order valence-corrected chi connectivity index (χ0v) is 11.3. The summed E-state index contributed by atoms with van der Waals surface area (Å²) in [7, 11) is 1.79. The summed E-state index contributed by atoms with van der Waals surface area (Å²) in [5.41, 5.74) is 0.973. The van der Waals surface area contributed by atoms with Crippen molar-refractivity contribution < 1.29 is 4.39 Å². The van der Waals surface area contributed by atoms with Crippen LogP contribution in [0.5, 0.6) is 0 Å². The summed E-state index contributed by atoms with van der Waals surface area (Å²) in [5.74, 6) is 0.275. The Kier molecular flexibility index (Phi) is 3.19. The third-order valence-electron chi connectivity index (χ3n) is 2.90. The molecule has 0 N–H and O–H groups in total. The van der Waals surface area contributed by atoms with E-state index in [1.165, 1.54) is 10.7 Å². The molecule has 3 rings (SSSR count). The number of hydrogen-bond acceptors (Lipinski definition) is 5. The lowest BCUT2D eigenvalue weighted by atomic mass is 10.2. The standard InChI is InChI=1S/C12H10ClFN6/c1-19(7-8-9(13)3-2-4-10(8)14)12-6-5-11-15-17-18-20(11)16-12/h2-6H,7H2,1H3. The highest BCUT2D eigenvalue weighted by Gasteiger charge is 2.12. The van der Waals surface area contributed by atoms with Crippen molar-refractivity contribution in [2.45, 2.75) is 6.54 Å². The fraction of sp³-hybridized carbons (Fsp3) is 0.167. The van der Waals surface area contributed by atoms with Crippen molar-refractivity contribution in [1.29, 1.82) is 0 Å². The van der Waals surface area contributed by atoms with Gasteiger partial charge >= 0.3 is 0 Å². The third-order valence-corrected chi connectivity index (χ3v) is 3.26. The maximum absolute atomic E-state index is 13.8. The van der Waals surface area contributed by atoms with Crippen LogP contribution in [0.25, 0.3) is 5.65 Å². The van der Waals surface area contributed by atoms with Crippen molar-refractivity contribution in [2.24, 2.45) is 0 Å². The van der Waals surface area contributed by atoms with Crippen LogP contribution < -0.4 is 4.90 Å². The molecule has 8 heteroatoms. The van der Waals surface area contributed by atoms with E-state index in [2.05, 4.69) is 20.6 Å². The number of anilines is 1. The van der Waals surface area contributed by atoms with E-state index >= 15 is 0 Å². The highest BCUT2D eigenvalue weighted by Crippen LogP contribution is 2.22. The largest absolute Gasteiger partial charge is 0.354 e. The molecule has 0 fully saturated rings. The van der Waals surface area contributed by atoms with Crippen LogP contribution in [-0.2, 0) is 6.54 Å². The number of fused-ring (bicyclic) bond motifs is 1. The molecule has 0 atom stereocenters. The highest BCUT2D eigenvalue weighted by atomic mass is 35.5. The van der Waals surface area contributed by atoms with Gasteiger partial charge in [0.2, 0.25) is 0 Å². The summed E-state index contributed by atoms with van der Waals surface area (Å²) in [5, 5.41) is 15.6. The van der Waals surface area contributed by atoms with Gasteiger partial charge in [0.1, 0.15) is 5.82 Å². The van der Waals surface area contributed by atoms with Gasteiger partial charge in [-0.2, -0.15) is 0 Å². The Morgan fingerprint density at radius 3 is 2.95 bits per heavy atom. The van der Waals surface area contributed by atoms with E-state index in [9.17, 15) is 4.39 Å². The van der Waals surface area contributed by atoms with Crippen molar-refractivity contribution in [3.05, 3.63) is 46.7 Å². The summed E-state index contributed by atoms with van der Waals surface area (Å²) in [6.07, 6.45) is 0. The Balaban J connectivity index is 1.90. The quantitative estimate of drug-likeness (QED) is 0.738. The molecular formula is C12H10ClFN6. The smallest absolute Gasteiger partial charge is 0.200 e. The van der Waals surface area contributed by atoms with E-state index in [-0.39, 0.29) is 5.82 Å². The van der Waals surface area contributed by atoms with Crippen LogP contribution in [0.15, 0.2) is 30.3 Å². The molecule has 2 heterocycles. The van der Waals surface area contributed by atoms with Gasteiger partial charge in [-0.1, -0.05) is 17.7 Å². The second-order valence-corrected chi connectivity index (χ2v) is 4.68. The first-order valence-corrected chi connectivity index (χ1v) is 6.22. The Bertz CT molecular complexity index is 738. The zero-order chi connectivity index (χ0) is 14.1. The third kappa shape index (κ3) is 2.27. The molecule has 0 aliphatic heterocycles. The molecule has 0 saturated carbocycles. The summed E-state index contributed by atoms with van der Waals surface area (Å²) in [6.45, 7) is 0.298. The summed E-state index contributed by atoms with van der Waals surface area (Å²) >= 11 is 6.01. The van der Waals surface area contributed by atoms with Gasteiger partial charge in [0, 0.05) is 24.2 Å². The average Bonchev–Trinajstić information content (AvgIpc) is 2.90. The first kappa shape index (κ1) is 12.7. The van der Waals surface area contributed by atoms with Crippen molar-refractivity contribution >= 4 is 23.1 Å². The number of benzene rings is 1. The summed E-state index contributed by atoms with van der Waals surface area (Å²) < 4.78 is 15.1. The fourth-order valence-electron chi connectivity index (χ4n) is 1.85. The number of rotatable bonds is 3. The minimum atomic E-state index is -0.340. The minimum Gasteiger partial charge on any atom is -0.354 e. The average molecular weight is 293 g/mol. The monoisotopic (exact) mass is 292 g/mol. The maximum atomic E-state index is 13.8. The van der Waals surface area contributed by atoms with Gasteiger partial charge in [0.15, 0.2) is 11.5 Å². The summed E-state index contributed by atoms with van der Waals surface area (Å²) in [6, 6.07) is 8.12. The molecule has 0 bridgehead atoms. The van der Waals surface area contributed by atoms with Crippen LogP contribution in [0.4, 0.5) is 10.2 Å². The lowest BCUT2D eigenvalue weighted by Crippen LogP contribution is -2.20. The Morgan fingerprint density at radius 1 is 1.30 bits per heavy atom. The second-order valence-electron chi connectivity index (χ2n) is 4.27. The van der Waals surface area contributed by atoms with Gasteiger partial charge in [-0.15, -0.1) is 14.8 Å². The van der Waals surface area contributed by atoms with Crippen molar-refractivity contribution in [2.75, 3.05) is 11.9 Å². The summed E-state index contributed by atoms with van der Waals surface area (Å²) in [4.78, 5) is 1.77. The van der Waals surface area contributed by atoms with Crippen LogP contribution in [-0.4, -0.2) is 32.3 Å². The first-order valence-electron chi connectivity index (χ1n) is 5.84. The lowest BCUT2D eigenvalue weighted by molar-refractivity contribution is 0.606. The van der Waals surface area contributed by atoms with Gasteiger partial charge in [-0.05, 0) is 34.7 Å². The van der Waals surface area contributed by atoms with Crippen LogP contribution in [0, 0.1) is 5.82 Å². The number of aromatic nitrogens is 5. The lowest BCUT2D eigenvalue weighted by Gasteiger charge is -2.18. The second kappa shape index (κ2) is 5.01. The SMILES string of the molecule is CN(Cc1c(F)cccc1Cl)c1ccc2nnnn2n1. The first-order chi connectivity index (χ1) is 9.65. The van der Waals surface area contributed by atoms with Crippen molar-refractivity contribution in [3.63, 3.8) is 0 Å². The van der Waals surface area contributed by atoms with Crippen LogP contribution >= 0.6 is 11.6 Å². The molecule has 2 aromatic heterocycles. The van der Waals surface area contributed by atoms with Gasteiger partial charge in [0.05, 0.1) is 0 Å². The number of hydrogen-bond donors (Lipinski definition) is 0. The Morgan fingerprint density at radius 2 is 2.15 bits per heavy atom. The molecule has 6 nitrogen and oxygen atoms in total. The van der Waals surface area contributed by atoms with Crippen molar-refractivity contribution in [3.8, 4) is 0 Å². The predicted octanol–water partition coefficient (Wildman–Crippen LogP) is 1.95. The zero-order valence-electron chi connectivity index (χ0n) is 10.5. The van der Waals surface area contributed by atoms with E-state index in [1.54, 1.807) is 36.2 Å². The number of nitrogens with zero attached hydrogens (tertiary/aromatic N) is 6. The Hall–Kier alpha value is -2.28. The maximum Gasteiger partial charge on any atom is 0.200 e. The van der Waals surface area contributed by atoms with Crippen molar-refractivity contribution in [1.82, 2.24) is 25.3 Å². The number of halogens is 2. The van der Waals surface area contributed by atoms with E-state index in [1.807, 2.05) is 0 Å². The molecule has 0 amide bonds. The van der Waals surface area contributed by atoms with E-state index in [0.717, 1.165) is 0 Å². The molecule has 0 aliphatic rings. The fourth-order valence-corrected chi connectivity index (χ4v) is 2.07. The van der Waals surface area contributed by atoms with E-state index < -0.39 is 0 Å². The highest BCUT2D eigenvalue weighted by molar-refractivity contribution is 6.31. The molecule has 20 heavy (non-hydrogen) atoms. The van der Waals surface area contributed by atoms with Crippen LogP contribution in [0.1, 0.15) is 5.56 Å². The van der Waals surface area contributed by atoms with Gasteiger partial charge in [0.25, 0.3) is 0 Å². The topological polar surface area (TPSA) is 59.2 Å². The molecule has 0 unspecified atom stereocenters. The van der Waals surface area contributed by atoms with Crippen LogP contribution in [0.3, 0.4) is 0 Å². The van der Waals surface area contributed by atoms with E-state index in [0.29, 0.717) is 28.6 Å². The Labute approximate surface area is 118 Å². The normalized spacial score (nSPS) is 10.9. The van der Waals surface area contributed by atoms with E-state index in [4.69, 9.17) is 11.6 Å². The van der Waals surface area contributed by atoms with Gasteiger partial charge < -0.3 is 4.90 Å². The molecule has 0 radical (unpaired) electrons. The number of tetrazole rings is 1. The minimum absolute atomic E-state index is 0.298. The van der Waals surface area contributed by atoms with Gasteiger partial charge in [-0.3, -0.25) is 0 Å².